The zero-order valence-electron chi connectivity index (χ0n) is 21.7. The van der Waals surface area contributed by atoms with Crippen molar-refractivity contribution < 1.29 is 22.5 Å². The second-order valence-electron chi connectivity index (χ2n) is 9.75. The number of hydrogen-bond donors (Lipinski definition) is 0. The average Bonchev–Trinajstić information content (AvgIpc) is 3.47. The first kappa shape index (κ1) is 27.1. The van der Waals surface area contributed by atoms with Crippen molar-refractivity contribution in [3.8, 4) is 28.9 Å². The van der Waals surface area contributed by atoms with E-state index in [0.717, 1.165) is 23.3 Å². The van der Waals surface area contributed by atoms with Gasteiger partial charge in [-0.1, -0.05) is 41.6 Å². The lowest BCUT2D eigenvalue weighted by Crippen LogP contribution is -2.48. The lowest BCUT2D eigenvalue weighted by Gasteiger charge is -2.35. The minimum Gasteiger partial charge on any atom is -0.336 e. The van der Waals surface area contributed by atoms with Gasteiger partial charge in [0.15, 0.2) is 0 Å². The van der Waals surface area contributed by atoms with Crippen LogP contribution in [0.3, 0.4) is 0 Å². The molecule has 2 heterocycles. The van der Waals surface area contributed by atoms with Crippen LogP contribution in [-0.2, 0) is 12.7 Å². The standard InChI is InChI=1S/C30H26F3N5O2/c1-20(18-34)22-6-3-9-25(16-22)29(39)38-13-11-37(12-14-38)19-21-5-2-7-23(15-21)27-35-28(40-36-27)24-8-4-10-26(17-24)30(31,32)33/h2-10,15-17,20H,11-14,19H2,1H3/t20-/m0/s1. The Kier molecular flexibility index (Phi) is 7.67. The number of carbonyl (C=O) groups excluding carboxylic acids is 1. The Morgan fingerprint density at radius 2 is 1.73 bits per heavy atom. The number of nitriles is 1. The highest BCUT2D eigenvalue weighted by atomic mass is 19.4. The van der Waals surface area contributed by atoms with Crippen molar-refractivity contribution in [1.29, 1.82) is 5.26 Å². The molecule has 40 heavy (non-hydrogen) atoms. The Hall–Kier alpha value is -4.49. The second kappa shape index (κ2) is 11.3. The lowest BCUT2D eigenvalue weighted by atomic mass is 10.00. The summed E-state index contributed by atoms with van der Waals surface area (Å²) in [6.45, 7) is 5.04. The molecule has 204 valence electrons. The van der Waals surface area contributed by atoms with Gasteiger partial charge in [-0.15, -0.1) is 0 Å². The third-order valence-electron chi connectivity index (χ3n) is 6.94. The molecule has 1 amide bonds. The van der Waals surface area contributed by atoms with E-state index in [1.807, 2.05) is 48.2 Å². The molecule has 1 fully saturated rings. The summed E-state index contributed by atoms with van der Waals surface area (Å²) in [5, 5.41) is 13.2. The summed E-state index contributed by atoms with van der Waals surface area (Å²) in [7, 11) is 0. The number of nitrogens with zero attached hydrogens (tertiary/aromatic N) is 5. The molecule has 1 saturated heterocycles. The number of piperazine rings is 1. The largest absolute Gasteiger partial charge is 0.416 e. The molecule has 1 aliphatic heterocycles. The van der Waals surface area contributed by atoms with E-state index in [1.165, 1.54) is 12.1 Å². The minimum absolute atomic E-state index is 0.0138. The van der Waals surface area contributed by atoms with Gasteiger partial charge in [0.1, 0.15) is 0 Å². The van der Waals surface area contributed by atoms with E-state index in [9.17, 15) is 23.2 Å². The van der Waals surface area contributed by atoms with E-state index in [2.05, 4.69) is 21.1 Å². The topological polar surface area (TPSA) is 86.3 Å². The van der Waals surface area contributed by atoms with Crippen LogP contribution >= 0.6 is 0 Å². The molecule has 10 heteroatoms. The van der Waals surface area contributed by atoms with E-state index < -0.39 is 11.7 Å². The predicted molar refractivity (Wildman–Crippen MR) is 142 cm³/mol. The van der Waals surface area contributed by atoms with Crippen molar-refractivity contribution in [2.45, 2.75) is 25.6 Å². The van der Waals surface area contributed by atoms with Crippen LogP contribution < -0.4 is 0 Å². The fraction of sp³-hybridized carbons (Fsp3) is 0.267. The maximum atomic E-state index is 13.1. The molecule has 0 radical (unpaired) electrons. The highest BCUT2D eigenvalue weighted by molar-refractivity contribution is 5.94. The summed E-state index contributed by atoms with van der Waals surface area (Å²) >= 11 is 0. The fourth-order valence-electron chi connectivity index (χ4n) is 4.66. The summed E-state index contributed by atoms with van der Waals surface area (Å²) < 4.78 is 44.5. The SMILES string of the molecule is C[C@@H](C#N)c1cccc(C(=O)N2CCN(Cc3cccc(-c4noc(-c5cccc(C(F)(F)F)c5)n4)c3)CC2)c1. The summed E-state index contributed by atoms with van der Waals surface area (Å²) in [5.74, 6) is -0.0140. The van der Waals surface area contributed by atoms with Crippen LogP contribution in [0, 0.1) is 11.3 Å². The van der Waals surface area contributed by atoms with Crippen LogP contribution in [0.25, 0.3) is 22.8 Å². The molecule has 0 N–H and O–H groups in total. The van der Waals surface area contributed by atoms with Crippen molar-refractivity contribution in [1.82, 2.24) is 19.9 Å². The summed E-state index contributed by atoms with van der Waals surface area (Å²) in [6.07, 6.45) is -4.46. The summed E-state index contributed by atoms with van der Waals surface area (Å²) in [5.41, 5.74) is 2.54. The molecular weight excluding hydrogens is 519 g/mol. The normalized spacial score (nSPS) is 15.0. The summed E-state index contributed by atoms with van der Waals surface area (Å²) in [6, 6.07) is 21.8. The Bertz CT molecular complexity index is 1550. The van der Waals surface area contributed by atoms with Gasteiger partial charge < -0.3 is 9.42 Å². The molecular formula is C30H26F3N5O2. The van der Waals surface area contributed by atoms with Gasteiger partial charge in [-0.25, -0.2) is 0 Å². The second-order valence-corrected chi connectivity index (χ2v) is 9.75. The zero-order valence-corrected chi connectivity index (χ0v) is 21.7. The first-order chi connectivity index (χ1) is 19.2. The van der Waals surface area contributed by atoms with Crippen LogP contribution in [0.1, 0.15) is 39.9 Å². The van der Waals surface area contributed by atoms with E-state index in [1.54, 1.807) is 12.1 Å². The van der Waals surface area contributed by atoms with Gasteiger partial charge in [-0.05, 0) is 54.4 Å². The average molecular weight is 546 g/mol. The third kappa shape index (κ3) is 6.05. The molecule has 0 bridgehead atoms. The third-order valence-corrected chi connectivity index (χ3v) is 6.94. The maximum absolute atomic E-state index is 13.1. The molecule has 1 aliphatic rings. The minimum atomic E-state index is -4.46. The van der Waals surface area contributed by atoms with Crippen LogP contribution in [-0.4, -0.2) is 52.0 Å². The van der Waals surface area contributed by atoms with Crippen LogP contribution in [0.5, 0.6) is 0 Å². The Labute approximate surface area is 229 Å². The smallest absolute Gasteiger partial charge is 0.336 e. The number of rotatable bonds is 6. The van der Waals surface area contributed by atoms with E-state index in [-0.39, 0.29) is 29.1 Å². The Balaban J connectivity index is 1.21. The highest BCUT2D eigenvalue weighted by Gasteiger charge is 2.31. The molecule has 0 spiro atoms. The number of halogens is 3. The molecule has 3 aromatic carbocycles. The van der Waals surface area contributed by atoms with E-state index in [4.69, 9.17) is 4.52 Å². The number of carbonyl (C=O) groups is 1. The van der Waals surface area contributed by atoms with Crippen molar-refractivity contribution in [2.24, 2.45) is 0 Å². The van der Waals surface area contributed by atoms with Gasteiger partial charge in [-0.3, -0.25) is 9.69 Å². The van der Waals surface area contributed by atoms with Crippen LogP contribution in [0.15, 0.2) is 77.3 Å². The van der Waals surface area contributed by atoms with E-state index in [0.29, 0.717) is 43.9 Å². The molecule has 1 aromatic heterocycles. The van der Waals surface area contributed by atoms with Gasteiger partial charge in [0, 0.05) is 49.4 Å². The molecule has 7 nitrogen and oxygen atoms in total. The van der Waals surface area contributed by atoms with Gasteiger partial charge in [0.05, 0.1) is 17.6 Å². The van der Waals surface area contributed by atoms with E-state index >= 15 is 0 Å². The summed E-state index contributed by atoms with van der Waals surface area (Å²) in [4.78, 5) is 21.5. The number of alkyl halides is 3. The Morgan fingerprint density at radius 3 is 2.48 bits per heavy atom. The lowest BCUT2D eigenvalue weighted by molar-refractivity contribution is -0.137. The van der Waals surface area contributed by atoms with Crippen LogP contribution in [0.2, 0.25) is 0 Å². The maximum Gasteiger partial charge on any atom is 0.416 e. The van der Waals surface area contributed by atoms with Crippen molar-refractivity contribution in [3.63, 3.8) is 0 Å². The van der Waals surface area contributed by atoms with Gasteiger partial charge in [-0.2, -0.15) is 23.4 Å². The molecule has 4 aromatic rings. The Morgan fingerprint density at radius 1 is 1.00 bits per heavy atom. The quantitative estimate of drug-likeness (QED) is 0.295. The number of aromatic nitrogens is 2. The molecule has 1 atom stereocenters. The number of hydrogen-bond acceptors (Lipinski definition) is 6. The first-order valence-electron chi connectivity index (χ1n) is 12.8. The highest BCUT2D eigenvalue weighted by Crippen LogP contribution is 2.32. The monoisotopic (exact) mass is 545 g/mol. The molecule has 0 saturated carbocycles. The molecule has 0 aliphatic carbocycles. The van der Waals surface area contributed by atoms with Gasteiger partial charge >= 0.3 is 6.18 Å². The molecule has 0 unspecified atom stereocenters. The van der Waals surface area contributed by atoms with Gasteiger partial charge in [0.25, 0.3) is 11.8 Å². The fourth-order valence-corrected chi connectivity index (χ4v) is 4.66. The van der Waals surface area contributed by atoms with Crippen LogP contribution in [0.4, 0.5) is 13.2 Å². The van der Waals surface area contributed by atoms with Crippen molar-refractivity contribution >= 4 is 5.91 Å². The predicted octanol–water partition coefficient (Wildman–Crippen LogP) is 6.01. The van der Waals surface area contributed by atoms with Crippen molar-refractivity contribution in [3.05, 3.63) is 95.1 Å². The van der Waals surface area contributed by atoms with Gasteiger partial charge in [0.2, 0.25) is 5.82 Å². The van der Waals surface area contributed by atoms with Crippen molar-refractivity contribution in [2.75, 3.05) is 26.2 Å². The molecule has 5 rings (SSSR count). The zero-order chi connectivity index (χ0) is 28.3. The first-order valence-corrected chi connectivity index (χ1v) is 12.8. The number of amides is 1. The number of benzene rings is 3.